The van der Waals surface area contributed by atoms with Crippen molar-refractivity contribution in [3.05, 3.63) is 88.7 Å². The number of rotatable bonds is 3. The molecule has 6 nitrogen and oxygen atoms in total. The lowest BCUT2D eigenvalue weighted by Crippen LogP contribution is -2.29. The molecule has 1 aliphatic rings. The van der Waals surface area contributed by atoms with Crippen molar-refractivity contribution in [2.75, 3.05) is 17.6 Å². The van der Waals surface area contributed by atoms with E-state index in [1.54, 1.807) is 18.2 Å². The third-order valence-electron chi connectivity index (χ3n) is 6.37. The minimum absolute atomic E-state index is 0.121. The molecular weight excluding hydrogens is 455 g/mol. The van der Waals surface area contributed by atoms with Gasteiger partial charge >= 0.3 is 0 Å². The summed E-state index contributed by atoms with van der Waals surface area (Å²) in [4.78, 5) is 12.9. The van der Waals surface area contributed by atoms with Crippen molar-refractivity contribution in [3.63, 3.8) is 0 Å². The van der Waals surface area contributed by atoms with E-state index >= 15 is 0 Å². The Morgan fingerprint density at radius 3 is 2.47 bits per heavy atom. The van der Waals surface area contributed by atoms with Crippen molar-refractivity contribution in [1.29, 1.82) is 0 Å². The highest BCUT2D eigenvalue weighted by molar-refractivity contribution is 7.92. The fourth-order valence-electron chi connectivity index (χ4n) is 4.67. The standard InChI is InChI=1S/C26H23FN2O4S/c1-15-19-7-5-4-6-17(19)14-29(34(3,31)32)22-13-23-21(12-20(15)22)24(26(30)28-2)25(33-23)16-8-10-18(27)11-9-16/h4-13,15H,14H2,1-3H3,(H,28,30). The van der Waals surface area contributed by atoms with Crippen molar-refractivity contribution in [2.24, 2.45) is 0 Å². The van der Waals surface area contributed by atoms with Gasteiger partial charge in [0, 0.05) is 30.0 Å². The van der Waals surface area contributed by atoms with Crippen LogP contribution in [-0.2, 0) is 16.6 Å². The molecule has 1 unspecified atom stereocenters. The van der Waals surface area contributed by atoms with E-state index in [2.05, 4.69) is 5.32 Å². The van der Waals surface area contributed by atoms with Crippen LogP contribution in [0.25, 0.3) is 22.3 Å². The maximum absolute atomic E-state index is 13.5. The number of benzene rings is 3. The summed E-state index contributed by atoms with van der Waals surface area (Å²) < 4.78 is 46.7. The average Bonchev–Trinajstić information content (AvgIpc) is 3.13. The second-order valence-corrected chi connectivity index (χ2v) is 10.4. The van der Waals surface area contributed by atoms with Gasteiger partial charge in [0.15, 0.2) is 0 Å². The molecule has 1 atom stereocenters. The summed E-state index contributed by atoms with van der Waals surface area (Å²) in [6.07, 6.45) is 1.18. The van der Waals surface area contributed by atoms with Gasteiger partial charge in [0.05, 0.1) is 24.1 Å². The molecule has 8 heteroatoms. The number of carbonyl (C=O) groups excluding carboxylic acids is 1. The molecule has 1 amide bonds. The fraction of sp³-hybridized carbons (Fsp3) is 0.192. The first-order valence-corrected chi connectivity index (χ1v) is 12.7. The number of nitrogens with zero attached hydrogens (tertiary/aromatic N) is 1. The van der Waals surface area contributed by atoms with Crippen molar-refractivity contribution in [1.82, 2.24) is 5.32 Å². The van der Waals surface area contributed by atoms with Crippen LogP contribution in [0, 0.1) is 5.82 Å². The quantitative estimate of drug-likeness (QED) is 0.448. The first-order valence-electron chi connectivity index (χ1n) is 10.8. The summed E-state index contributed by atoms with van der Waals surface area (Å²) >= 11 is 0. The van der Waals surface area contributed by atoms with Gasteiger partial charge in [0.25, 0.3) is 5.91 Å². The SMILES string of the molecule is CNC(=O)c1c(-c2ccc(F)cc2)oc2cc3c(cc12)C(C)c1ccccc1CN3S(C)(=O)=O. The highest BCUT2D eigenvalue weighted by atomic mass is 32.2. The first kappa shape index (κ1) is 22.2. The van der Waals surface area contributed by atoms with E-state index in [9.17, 15) is 17.6 Å². The zero-order valence-electron chi connectivity index (χ0n) is 18.9. The van der Waals surface area contributed by atoms with Crippen LogP contribution >= 0.6 is 0 Å². The molecule has 174 valence electrons. The Labute approximate surface area is 197 Å². The normalized spacial score (nSPS) is 15.5. The molecule has 0 saturated heterocycles. The Hall–Kier alpha value is -3.65. The summed E-state index contributed by atoms with van der Waals surface area (Å²) in [5.74, 6) is -0.568. The van der Waals surface area contributed by atoms with Crippen LogP contribution in [-0.4, -0.2) is 27.6 Å². The van der Waals surface area contributed by atoms with Gasteiger partial charge in [-0.15, -0.1) is 0 Å². The molecule has 2 heterocycles. The zero-order chi connectivity index (χ0) is 24.2. The zero-order valence-corrected chi connectivity index (χ0v) is 19.7. The number of fused-ring (bicyclic) bond motifs is 3. The molecule has 1 aromatic heterocycles. The highest BCUT2D eigenvalue weighted by Crippen LogP contribution is 2.44. The van der Waals surface area contributed by atoms with Gasteiger partial charge < -0.3 is 9.73 Å². The van der Waals surface area contributed by atoms with Crippen LogP contribution in [0.5, 0.6) is 0 Å². The first-order chi connectivity index (χ1) is 16.2. The Kier molecular flexibility index (Phi) is 5.20. The molecule has 0 radical (unpaired) electrons. The van der Waals surface area contributed by atoms with Crippen LogP contribution in [0.3, 0.4) is 0 Å². The predicted octanol–water partition coefficient (Wildman–Crippen LogP) is 5.03. The maximum Gasteiger partial charge on any atom is 0.255 e. The number of furan rings is 1. The Morgan fingerprint density at radius 2 is 1.79 bits per heavy atom. The van der Waals surface area contributed by atoms with Crippen LogP contribution in [0.4, 0.5) is 10.1 Å². The number of halogens is 1. The Morgan fingerprint density at radius 1 is 1.09 bits per heavy atom. The minimum Gasteiger partial charge on any atom is -0.455 e. The number of hydrogen-bond donors (Lipinski definition) is 1. The largest absolute Gasteiger partial charge is 0.455 e. The summed E-state index contributed by atoms with van der Waals surface area (Å²) in [7, 11) is -2.08. The molecule has 4 aromatic rings. The lowest BCUT2D eigenvalue weighted by atomic mass is 9.89. The maximum atomic E-state index is 13.5. The van der Waals surface area contributed by atoms with E-state index in [1.165, 1.54) is 29.7 Å². The average molecular weight is 479 g/mol. The van der Waals surface area contributed by atoms with Gasteiger partial charge in [0.2, 0.25) is 10.0 Å². The van der Waals surface area contributed by atoms with Gasteiger partial charge in [-0.25, -0.2) is 12.8 Å². The molecule has 34 heavy (non-hydrogen) atoms. The van der Waals surface area contributed by atoms with Crippen LogP contribution in [0.2, 0.25) is 0 Å². The summed E-state index contributed by atoms with van der Waals surface area (Å²) in [6.45, 7) is 2.22. The van der Waals surface area contributed by atoms with E-state index in [0.29, 0.717) is 33.5 Å². The molecular formula is C26H23FN2O4S. The summed E-state index contributed by atoms with van der Waals surface area (Å²) in [5, 5.41) is 3.22. The number of amides is 1. The number of hydrogen-bond acceptors (Lipinski definition) is 4. The van der Waals surface area contributed by atoms with E-state index in [1.807, 2.05) is 37.3 Å². The van der Waals surface area contributed by atoms with Gasteiger partial charge in [-0.1, -0.05) is 31.2 Å². The van der Waals surface area contributed by atoms with E-state index in [0.717, 1.165) is 16.7 Å². The third-order valence-corrected chi connectivity index (χ3v) is 7.50. The molecule has 0 fully saturated rings. The fourth-order valence-corrected chi connectivity index (χ4v) is 5.56. The van der Waals surface area contributed by atoms with Crippen molar-refractivity contribution in [3.8, 4) is 11.3 Å². The number of anilines is 1. The third kappa shape index (κ3) is 3.54. The van der Waals surface area contributed by atoms with E-state index in [-0.39, 0.29) is 18.4 Å². The second kappa shape index (κ2) is 7.99. The monoisotopic (exact) mass is 478 g/mol. The second-order valence-electron chi connectivity index (χ2n) is 8.49. The molecule has 1 N–H and O–H groups in total. The molecule has 0 saturated carbocycles. The Balaban J connectivity index is 1.84. The molecule has 0 spiro atoms. The molecule has 1 aliphatic heterocycles. The Bertz CT molecular complexity index is 1540. The summed E-state index contributed by atoms with van der Waals surface area (Å²) in [6, 6.07) is 17.0. The van der Waals surface area contributed by atoms with Gasteiger partial charge in [-0.3, -0.25) is 9.10 Å². The molecule has 0 aliphatic carbocycles. The minimum atomic E-state index is -3.61. The van der Waals surface area contributed by atoms with Gasteiger partial charge in [-0.05, 0) is 47.0 Å². The predicted molar refractivity (Wildman–Crippen MR) is 130 cm³/mol. The number of carbonyl (C=O) groups is 1. The topological polar surface area (TPSA) is 79.6 Å². The lowest BCUT2D eigenvalue weighted by Gasteiger charge is -2.23. The number of sulfonamides is 1. The summed E-state index contributed by atoms with van der Waals surface area (Å²) in [5.41, 5.74) is 4.49. The van der Waals surface area contributed by atoms with E-state index in [4.69, 9.17) is 4.42 Å². The number of nitrogens with one attached hydrogen (secondary N) is 1. The van der Waals surface area contributed by atoms with Crippen LogP contribution < -0.4 is 9.62 Å². The van der Waals surface area contributed by atoms with E-state index < -0.39 is 15.8 Å². The lowest BCUT2D eigenvalue weighted by molar-refractivity contribution is 0.0964. The van der Waals surface area contributed by atoms with Crippen LogP contribution in [0.1, 0.15) is 39.9 Å². The molecule has 0 bridgehead atoms. The smallest absolute Gasteiger partial charge is 0.255 e. The molecule has 3 aromatic carbocycles. The van der Waals surface area contributed by atoms with Gasteiger partial charge in [-0.2, -0.15) is 0 Å². The van der Waals surface area contributed by atoms with Crippen molar-refractivity contribution in [2.45, 2.75) is 19.4 Å². The van der Waals surface area contributed by atoms with Gasteiger partial charge in [0.1, 0.15) is 17.2 Å². The molecule has 5 rings (SSSR count). The highest BCUT2D eigenvalue weighted by Gasteiger charge is 2.32. The van der Waals surface area contributed by atoms with Crippen molar-refractivity contribution < 1.29 is 22.0 Å². The van der Waals surface area contributed by atoms with Crippen LogP contribution in [0.15, 0.2) is 65.1 Å². The van der Waals surface area contributed by atoms with Crippen molar-refractivity contribution >= 4 is 32.6 Å².